The maximum absolute atomic E-state index is 12.5. The van der Waals surface area contributed by atoms with Gasteiger partial charge in [-0.15, -0.1) is 11.3 Å². The van der Waals surface area contributed by atoms with Crippen LogP contribution >= 0.6 is 11.3 Å². The largest absolute Gasteiger partial charge is 0.477 e. The summed E-state index contributed by atoms with van der Waals surface area (Å²) in [5.41, 5.74) is 0. The van der Waals surface area contributed by atoms with E-state index in [2.05, 4.69) is 4.72 Å². The van der Waals surface area contributed by atoms with Gasteiger partial charge >= 0.3 is 5.97 Å². The normalized spacial score (nSPS) is 26.1. The number of carbonyl (C=O) groups is 1. The van der Waals surface area contributed by atoms with Gasteiger partial charge in [-0.25, -0.2) is 17.9 Å². The van der Waals surface area contributed by atoms with Crippen LogP contribution < -0.4 is 4.72 Å². The fourth-order valence-electron chi connectivity index (χ4n) is 2.73. The highest BCUT2D eigenvalue weighted by molar-refractivity contribution is 7.89. The van der Waals surface area contributed by atoms with Crippen molar-refractivity contribution in [3.05, 3.63) is 15.8 Å². The monoisotopic (exact) mass is 331 g/mol. The van der Waals surface area contributed by atoms with E-state index >= 15 is 0 Å². The SMILES string of the molecule is Cc1sc(C(=O)O)cc1S(=O)(=O)NC1CCOC1C1CC1. The predicted molar refractivity (Wildman–Crippen MR) is 77.2 cm³/mol. The summed E-state index contributed by atoms with van der Waals surface area (Å²) >= 11 is 0.977. The van der Waals surface area contributed by atoms with Crippen molar-refractivity contribution in [2.24, 2.45) is 5.92 Å². The van der Waals surface area contributed by atoms with Crippen LogP contribution in [0.25, 0.3) is 0 Å². The zero-order valence-corrected chi connectivity index (χ0v) is 13.2. The van der Waals surface area contributed by atoms with Gasteiger partial charge < -0.3 is 9.84 Å². The van der Waals surface area contributed by atoms with Crippen molar-refractivity contribution < 1.29 is 23.1 Å². The van der Waals surface area contributed by atoms with Crippen molar-refractivity contribution in [2.75, 3.05) is 6.61 Å². The molecule has 2 heterocycles. The van der Waals surface area contributed by atoms with Gasteiger partial charge in [-0.2, -0.15) is 0 Å². The van der Waals surface area contributed by atoms with E-state index in [-0.39, 0.29) is 21.9 Å². The number of nitrogens with one attached hydrogen (secondary N) is 1. The molecule has 2 atom stereocenters. The van der Waals surface area contributed by atoms with Crippen molar-refractivity contribution in [2.45, 2.75) is 43.2 Å². The van der Waals surface area contributed by atoms with E-state index in [1.165, 1.54) is 6.07 Å². The first-order chi connectivity index (χ1) is 9.88. The van der Waals surface area contributed by atoms with Gasteiger partial charge in [-0.05, 0) is 38.2 Å². The molecule has 21 heavy (non-hydrogen) atoms. The van der Waals surface area contributed by atoms with Crippen molar-refractivity contribution in [1.29, 1.82) is 0 Å². The molecule has 0 radical (unpaired) electrons. The van der Waals surface area contributed by atoms with Gasteiger partial charge in [-0.1, -0.05) is 0 Å². The molecule has 116 valence electrons. The number of rotatable bonds is 5. The van der Waals surface area contributed by atoms with Crippen LogP contribution in [0.2, 0.25) is 0 Å². The average molecular weight is 331 g/mol. The number of carboxylic acids is 1. The molecule has 6 nitrogen and oxygen atoms in total. The van der Waals surface area contributed by atoms with Crippen LogP contribution in [-0.4, -0.2) is 38.2 Å². The van der Waals surface area contributed by atoms with Gasteiger partial charge in [0, 0.05) is 11.5 Å². The highest BCUT2D eigenvalue weighted by atomic mass is 32.2. The lowest BCUT2D eigenvalue weighted by molar-refractivity contribution is 0.0702. The van der Waals surface area contributed by atoms with Gasteiger partial charge in [0.1, 0.15) is 4.88 Å². The van der Waals surface area contributed by atoms with Crippen molar-refractivity contribution in [3.63, 3.8) is 0 Å². The highest BCUT2D eigenvalue weighted by Crippen LogP contribution is 2.39. The Morgan fingerprint density at radius 1 is 1.43 bits per heavy atom. The lowest BCUT2D eigenvalue weighted by atomic mass is 10.1. The van der Waals surface area contributed by atoms with Gasteiger partial charge in [-0.3, -0.25) is 0 Å². The van der Waals surface area contributed by atoms with E-state index in [0.29, 0.717) is 23.8 Å². The highest BCUT2D eigenvalue weighted by Gasteiger charge is 2.42. The third kappa shape index (κ3) is 2.98. The lowest BCUT2D eigenvalue weighted by Crippen LogP contribution is -2.41. The Balaban J connectivity index is 1.81. The number of aromatic carboxylic acids is 1. The van der Waals surface area contributed by atoms with Gasteiger partial charge in [0.05, 0.1) is 17.0 Å². The molecule has 0 bridgehead atoms. The van der Waals surface area contributed by atoms with E-state index in [9.17, 15) is 13.2 Å². The minimum absolute atomic E-state index is 0.0364. The van der Waals surface area contributed by atoms with Crippen LogP contribution in [0.15, 0.2) is 11.0 Å². The van der Waals surface area contributed by atoms with Crippen LogP contribution in [0, 0.1) is 12.8 Å². The Bertz CT molecular complexity index is 662. The molecule has 0 aromatic carbocycles. The molecule has 1 saturated heterocycles. The molecule has 2 aliphatic rings. The van der Waals surface area contributed by atoms with E-state index in [1.54, 1.807) is 6.92 Å². The molecule has 8 heteroatoms. The maximum Gasteiger partial charge on any atom is 0.345 e. The summed E-state index contributed by atoms with van der Waals surface area (Å²) in [5.74, 6) is -0.650. The number of hydrogen-bond acceptors (Lipinski definition) is 5. The number of thiophene rings is 1. The Kier molecular flexibility index (Phi) is 3.81. The van der Waals surface area contributed by atoms with E-state index < -0.39 is 16.0 Å². The number of aryl methyl sites for hydroxylation is 1. The first-order valence-electron chi connectivity index (χ1n) is 6.86. The number of sulfonamides is 1. The molecule has 2 unspecified atom stereocenters. The molecular weight excluding hydrogens is 314 g/mol. The smallest absolute Gasteiger partial charge is 0.345 e. The molecule has 1 aliphatic carbocycles. The molecule has 0 amide bonds. The average Bonchev–Trinajstić information content (AvgIpc) is 3.00. The molecule has 1 aliphatic heterocycles. The van der Waals surface area contributed by atoms with Gasteiger partial charge in [0.2, 0.25) is 10.0 Å². The topological polar surface area (TPSA) is 92.7 Å². The summed E-state index contributed by atoms with van der Waals surface area (Å²) in [6.07, 6.45) is 2.79. The number of ether oxygens (including phenoxy) is 1. The van der Waals surface area contributed by atoms with Crippen LogP contribution in [0.5, 0.6) is 0 Å². The number of carboxylic acid groups (broad SMARTS) is 1. The Hall–Kier alpha value is -0.960. The first kappa shape index (κ1) is 15.0. The molecule has 1 aromatic heterocycles. The van der Waals surface area contributed by atoms with Crippen molar-refractivity contribution in [1.82, 2.24) is 4.72 Å². The Morgan fingerprint density at radius 2 is 2.14 bits per heavy atom. The van der Waals surface area contributed by atoms with Crippen LogP contribution in [0.3, 0.4) is 0 Å². The summed E-state index contributed by atoms with van der Waals surface area (Å²) in [5, 5.41) is 8.97. The second kappa shape index (κ2) is 5.35. The van der Waals surface area contributed by atoms with Crippen molar-refractivity contribution in [3.8, 4) is 0 Å². The predicted octanol–water partition coefficient (Wildman–Crippen LogP) is 1.60. The molecule has 3 rings (SSSR count). The second-order valence-corrected chi connectivity index (χ2v) is 8.46. The van der Waals surface area contributed by atoms with E-state index in [1.807, 2.05) is 0 Å². The number of hydrogen-bond donors (Lipinski definition) is 2. The van der Waals surface area contributed by atoms with Gasteiger partial charge in [0.25, 0.3) is 0 Å². The summed E-state index contributed by atoms with van der Waals surface area (Å²) < 4.78 is 33.3. The second-order valence-electron chi connectivity index (χ2n) is 5.53. The fraction of sp³-hybridized carbons (Fsp3) is 0.615. The summed E-state index contributed by atoms with van der Waals surface area (Å²) in [6, 6.07) is 1.02. The van der Waals surface area contributed by atoms with Crippen molar-refractivity contribution >= 4 is 27.3 Å². The molecule has 0 spiro atoms. The summed E-state index contributed by atoms with van der Waals surface area (Å²) in [6.45, 7) is 2.19. The molecule has 1 aromatic rings. The zero-order valence-electron chi connectivity index (χ0n) is 11.5. The molecule has 2 fully saturated rings. The van der Waals surface area contributed by atoms with Crippen LogP contribution in [0.4, 0.5) is 0 Å². The summed E-state index contributed by atoms with van der Waals surface area (Å²) in [4.78, 5) is 11.5. The minimum Gasteiger partial charge on any atom is -0.477 e. The fourth-order valence-corrected chi connectivity index (χ4v) is 5.44. The molecule has 2 N–H and O–H groups in total. The standard InChI is InChI=1S/C13H17NO5S2/c1-7-11(6-10(20-7)13(15)16)21(17,18)14-9-4-5-19-12(9)8-2-3-8/h6,8-9,12,14H,2-5H2,1H3,(H,15,16). The maximum atomic E-state index is 12.5. The third-order valence-electron chi connectivity index (χ3n) is 3.90. The lowest BCUT2D eigenvalue weighted by Gasteiger charge is -2.19. The summed E-state index contributed by atoms with van der Waals surface area (Å²) in [7, 11) is -3.71. The van der Waals surface area contributed by atoms with Crippen LogP contribution in [0.1, 0.15) is 33.8 Å². The zero-order chi connectivity index (χ0) is 15.2. The molecular formula is C13H17NO5S2. The third-order valence-corrected chi connectivity index (χ3v) is 6.69. The molecule has 1 saturated carbocycles. The first-order valence-corrected chi connectivity index (χ1v) is 9.16. The Labute approximate surface area is 127 Å². The van der Waals surface area contributed by atoms with Crippen LogP contribution in [-0.2, 0) is 14.8 Å². The van der Waals surface area contributed by atoms with E-state index in [0.717, 1.165) is 24.2 Å². The quantitative estimate of drug-likeness (QED) is 0.855. The Morgan fingerprint density at radius 3 is 2.71 bits per heavy atom. The minimum atomic E-state index is -3.71. The van der Waals surface area contributed by atoms with E-state index in [4.69, 9.17) is 9.84 Å². The van der Waals surface area contributed by atoms with Gasteiger partial charge in [0.15, 0.2) is 0 Å².